The second-order valence-electron chi connectivity index (χ2n) is 7.20. The zero-order chi connectivity index (χ0) is 21.7. The van der Waals surface area contributed by atoms with Crippen molar-refractivity contribution in [2.45, 2.75) is 13.8 Å². The first-order chi connectivity index (χ1) is 14.9. The average Bonchev–Trinajstić information content (AvgIpc) is 3.38. The maximum absolute atomic E-state index is 13.0. The smallest absolute Gasteiger partial charge is 0.298 e. The molecule has 0 radical (unpaired) electrons. The second-order valence-corrected chi connectivity index (χ2v) is 8.63. The Bertz CT molecular complexity index is 1280. The number of aryl methyl sites for hydroxylation is 1. The number of halogens is 1. The number of rotatable bonds is 3. The van der Waals surface area contributed by atoms with Crippen LogP contribution in [0, 0.1) is 13.8 Å². The molecule has 0 unspecified atom stereocenters. The molecule has 3 heterocycles. The molecular formula is C23H17ClN2O4S. The summed E-state index contributed by atoms with van der Waals surface area (Å²) in [5, 5.41) is 0.121. The van der Waals surface area contributed by atoms with Crippen LogP contribution in [-0.4, -0.2) is 22.5 Å². The number of benzene rings is 2. The number of anilines is 1. The van der Waals surface area contributed by atoms with E-state index in [1.807, 2.05) is 38.1 Å². The molecular weight excluding hydrogens is 436 g/mol. The van der Waals surface area contributed by atoms with Gasteiger partial charge in [-0.05, 0) is 73.6 Å². The number of nitrogens with zero attached hydrogens (tertiary/aromatic N) is 2. The molecule has 156 valence electrons. The highest BCUT2D eigenvalue weighted by Gasteiger charge is 2.36. The summed E-state index contributed by atoms with van der Waals surface area (Å²) in [5.74, 6) is 1.07. The van der Waals surface area contributed by atoms with Gasteiger partial charge in [0, 0.05) is 28.2 Å². The molecule has 0 spiro atoms. The van der Waals surface area contributed by atoms with E-state index in [4.69, 9.17) is 21.1 Å². The van der Waals surface area contributed by atoms with Gasteiger partial charge in [0.1, 0.15) is 0 Å². The van der Waals surface area contributed by atoms with Crippen molar-refractivity contribution in [3.05, 3.63) is 75.4 Å². The van der Waals surface area contributed by atoms with E-state index in [1.54, 1.807) is 30.3 Å². The minimum absolute atomic E-state index is 0.219. The number of amides is 2. The Hall–Kier alpha value is -3.16. The summed E-state index contributed by atoms with van der Waals surface area (Å²) in [5.41, 5.74) is 4.21. The summed E-state index contributed by atoms with van der Waals surface area (Å²) in [6.07, 6.45) is 1.77. The molecule has 2 aliphatic rings. The lowest BCUT2D eigenvalue weighted by molar-refractivity contribution is -0.113. The van der Waals surface area contributed by atoms with Crippen molar-refractivity contribution in [3.8, 4) is 17.2 Å². The van der Waals surface area contributed by atoms with Crippen LogP contribution in [0.4, 0.5) is 10.5 Å². The summed E-state index contributed by atoms with van der Waals surface area (Å²) in [7, 11) is 0. The molecule has 31 heavy (non-hydrogen) atoms. The molecule has 0 bridgehead atoms. The number of ether oxygens (including phenoxy) is 2. The predicted octanol–water partition coefficient (Wildman–Crippen LogP) is 5.72. The van der Waals surface area contributed by atoms with E-state index in [9.17, 15) is 9.59 Å². The fourth-order valence-electron chi connectivity index (χ4n) is 3.80. The lowest BCUT2D eigenvalue weighted by Crippen LogP contribution is -2.27. The Morgan fingerprint density at radius 2 is 1.81 bits per heavy atom. The molecule has 0 aliphatic carbocycles. The van der Waals surface area contributed by atoms with Crippen LogP contribution in [0.5, 0.6) is 11.5 Å². The number of carbonyl (C=O) groups is 2. The van der Waals surface area contributed by atoms with Crippen molar-refractivity contribution in [1.29, 1.82) is 0 Å². The molecule has 0 saturated carbocycles. The number of imide groups is 1. The summed E-state index contributed by atoms with van der Waals surface area (Å²) < 4.78 is 13.0. The Morgan fingerprint density at radius 3 is 2.61 bits per heavy atom. The van der Waals surface area contributed by atoms with Gasteiger partial charge < -0.3 is 14.0 Å². The van der Waals surface area contributed by atoms with Crippen LogP contribution < -0.4 is 14.4 Å². The topological polar surface area (TPSA) is 60.8 Å². The van der Waals surface area contributed by atoms with Crippen LogP contribution in [0.1, 0.15) is 17.0 Å². The maximum atomic E-state index is 13.0. The van der Waals surface area contributed by atoms with E-state index in [-0.39, 0.29) is 17.9 Å². The van der Waals surface area contributed by atoms with Gasteiger partial charge in [0.05, 0.1) is 10.6 Å². The van der Waals surface area contributed by atoms with Crippen LogP contribution in [0.15, 0.2) is 53.4 Å². The van der Waals surface area contributed by atoms with E-state index < -0.39 is 0 Å². The van der Waals surface area contributed by atoms with Crippen molar-refractivity contribution in [3.63, 3.8) is 0 Å². The van der Waals surface area contributed by atoms with Crippen LogP contribution in [0.3, 0.4) is 0 Å². The fourth-order valence-corrected chi connectivity index (χ4v) is 4.82. The van der Waals surface area contributed by atoms with Crippen molar-refractivity contribution in [2.75, 3.05) is 11.7 Å². The normalized spacial score (nSPS) is 16.6. The van der Waals surface area contributed by atoms with Crippen LogP contribution in [0.2, 0.25) is 5.02 Å². The van der Waals surface area contributed by atoms with E-state index >= 15 is 0 Å². The van der Waals surface area contributed by atoms with Gasteiger partial charge in [-0.1, -0.05) is 17.7 Å². The van der Waals surface area contributed by atoms with Crippen molar-refractivity contribution < 1.29 is 19.1 Å². The molecule has 2 aliphatic heterocycles. The van der Waals surface area contributed by atoms with Gasteiger partial charge in [-0.3, -0.25) is 9.59 Å². The quantitative estimate of drug-likeness (QED) is 0.476. The number of carbonyl (C=O) groups excluding carboxylic acids is 2. The summed E-state index contributed by atoms with van der Waals surface area (Å²) >= 11 is 6.95. The predicted molar refractivity (Wildman–Crippen MR) is 121 cm³/mol. The Balaban J connectivity index is 1.50. The third-order valence-electron chi connectivity index (χ3n) is 5.23. The van der Waals surface area contributed by atoms with Crippen molar-refractivity contribution >= 4 is 46.3 Å². The molecule has 0 atom stereocenters. The monoisotopic (exact) mass is 452 g/mol. The van der Waals surface area contributed by atoms with E-state index in [0.29, 0.717) is 21.4 Å². The largest absolute Gasteiger partial charge is 0.454 e. The number of hydrogen-bond donors (Lipinski definition) is 0. The second kappa shape index (κ2) is 7.51. The Kier molecular flexibility index (Phi) is 4.79. The SMILES string of the molecule is Cc1cc(/C=C2/SC(=O)N(c3cccc(Cl)c3)C2=O)c(C)n1-c1ccc2c(c1)OCO2. The van der Waals surface area contributed by atoms with Crippen molar-refractivity contribution in [1.82, 2.24) is 4.57 Å². The van der Waals surface area contributed by atoms with Gasteiger partial charge in [0.15, 0.2) is 11.5 Å². The first-order valence-electron chi connectivity index (χ1n) is 9.55. The molecule has 3 aromatic rings. The third kappa shape index (κ3) is 3.40. The van der Waals surface area contributed by atoms with E-state index in [2.05, 4.69) is 4.57 Å². The Morgan fingerprint density at radius 1 is 1.00 bits per heavy atom. The number of thioether (sulfide) groups is 1. The van der Waals surface area contributed by atoms with E-state index in [0.717, 1.165) is 45.1 Å². The van der Waals surface area contributed by atoms with Crippen LogP contribution in [-0.2, 0) is 4.79 Å². The summed E-state index contributed by atoms with van der Waals surface area (Å²) in [4.78, 5) is 27.0. The lowest BCUT2D eigenvalue weighted by Gasteiger charge is -2.12. The first kappa shape index (κ1) is 19.8. The number of hydrogen-bond acceptors (Lipinski definition) is 5. The molecule has 2 aromatic carbocycles. The molecule has 2 amide bonds. The van der Waals surface area contributed by atoms with E-state index in [1.165, 1.54) is 0 Å². The maximum Gasteiger partial charge on any atom is 0.298 e. The standard InChI is InChI=1S/C23H17ClN2O4S/c1-13-8-15(14(2)25(13)18-6-7-19-20(11-18)30-12-29-19)9-21-22(27)26(23(28)31-21)17-5-3-4-16(24)10-17/h3-11H,12H2,1-2H3/b21-9+. The fraction of sp³-hybridized carbons (Fsp3) is 0.130. The molecule has 0 N–H and O–H groups in total. The lowest BCUT2D eigenvalue weighted by atomic mass is 10.2. The molecule has 1 aromatic heterocycles. The number of aromatic nitrogens is 1. The molecule has 6 nitrogen and oxygen atoms in total. The Labute approximate surface area is 188 Å². The zero-order valence-electron chi connectivity index (χ0n) is 16.7. The highest BCUT2D eigenvalue weighted by Crippen LogP contribution is 2.38. The van der Waals surface area contributed by atoms with Gasteiger partial charge in [-0.15, -0.1) is 0 Å². The van der Waals surface area contributed by atoms with Gasteiger partial charge in [0.25, 0.3) is 11.1 Å². The molecule has 8 heteroatoms. The molecule has 5 rings (SSSR count). The van der Waals surface area contributed by atoms with Gasteiger partial charge >= 0.3 is 0 Å². The van der Waals surface area contributed by atoms with Gasteiger partial charge in [-0.2, -0.15) is 0 Å². The summed E-state index contributed by atoms with van der Waals surface area (Å²) in [6, 6.07) is 14.5. The number of fused-ring (bicyclic) bond motifs is 1. The highest BCUT2D eigenvalue weighted by atomic mass is 35.5. The minimum Gasteiger partial charge on any atom is -0.454 e. The third-order valence-corrected chi connectivity index (χ3v) is 6.34. The molecule has 1 fully saturated rings. The van der Waals surface area contributed by atoms with Crippen LogP contribution >= 0.6 is 23.4 Å². The average molecular weight is 453 g/mol. The first-order valence-corrected chi connectivity index (χ1v) is 10.7. The van der Waals surface area contributed by atoms with Crippen LogP contribution in [0.25, 0.3) is 11.8 Å². The summed E-state index contributed by atoms with van der Waals surface area (Å²) in [6.45, 7) is 4.19. The van der Waals surface area contributed by atoms with Gasteiger partial charge in [0.2, 0.25) is 6.79 Å². The molecule has 1 saturated heterocycles. The highest BCUT2D eigenvalue weighted by molar-refractivity contribution is 8.19. The zero-order valence-corrected chi connectivity index (χ0v) is 18.3. The van der Waals surface area contributed by atoms with Gasteiger partial charge in [-0.25, -0.2) is 4.90 Å². The van der Waals surface area contributed by atoms with Crippen molar-refractivity contribution in [2.24, 2.45) is 0 Å². The minimum atomic E-state index is -0.356.